The standard InChI is InChI=1S/C16H14N6O4/c1-10(23)19-16-20-14-13(17-7-8-18-14)15(21-16)26-9-6-11-2-4-12(5-3-11)22(24)25/h2-5,7-8H,6,9H2,1H3,(H,18,19,20,21,23). The Labute approximate surface area is 147 Å². The molecule has 26 heavy (non-hydrogen) atoms. The first-order valence-corrected chi connectivity index (χ1v) is 7.65. The number of nitro groups is 1. The summed E-state index contributed by atoms with van der Waals surface area (Å²) in [5.74, 6) is -0.0327. The van der Waals surface area contributed by atoms with Crippen LogP contribution in [-0.4, -0.2) is 37.4 Å². The number of nitrogens with zero attached hydrogens (tertiary/aromatic N) is 5. The van der Waals surface area contributed by atoms with Gasteiger partial charge in [-0.25, -0.2) is 9.97 Å². The first kappa shape index (κ1) is 17.1. The van der Waals surface area contributed by atoms with Gasteiger partial charge in [0.05, 0.1) is 11.5 Å². The Kier molecular flexibility index (Phi) is 4.92. The van der Waals surface area contributed by atoms with E-state index in [1.165, 1.54) is 31.5 Å². The molecule has 0 unspecified atom stereocenters. The molecule has 10 nitrogen and oxygen atoms in total. The summed E-state index contributed by atoms with van der Waals surface area (Å²) in [6, 6.07) is 6.22. The van der Waals surface area contributed by atoms with Crippen molar-refractivity contribution in [3.8, 4) is 5.88 Å². The minimum atomic E-state index is -0.449. The third-order valence-corrected chi connectivity index (χ3v) is 3.37. The number of nitro benzene ring substituents is 1. The summed E-state index contributed by atoms with van der Waals surface area (Å²) >= 11 is 0. The molecule has 132 valence electrons. The summed E-state index contributed by atoms with van der Waals surface area (Å²) in [5, 5.41) is 13.2. The van der Waals surface area contributed by atoms with Crippen molar-refractivity contribution in [2.75, 3.05) is 11.9 Å². The molecule has 1 N–H and O–H groups in total. The van der Waals surface area contributed by atoms with Gasteiger partial charge in [0.15, 0.2) is 11.2 Å². The monoisotopic (exact) mass is 354 g/mol. The maximum Gasteiger partial charge on any atom is 0.269 e. The van der Waals surface area contributed by atoms with Gasteiger partial charge in [-0.3, -0.25) is 20.2 Å². The van der Waals surface area contributed by atoms with Crippen LogP contribution in [0.1, 0.15) is 12.5 Å². The van der Waals surface area contributed by atoms with Gasteiger partial charge in [0.1, 0.15) is 0 Å². The molecule has 3 rings (SSSR count). The van der Waals surface area contributed by atoms with Crippen LogP contribution in [0.25, 0.3) is 11.2 Å². The van der Waals surface area contributed by atoms with E-state index in [1.54, 1.807) is 12.1 Å². The van der Waals surface area contributed by atoms with E-state index in [2.05, 4.69) is 25.3 Å². The van der Waals surface area contributed by atoms with Gasteiger partial charge < -0.3 is 4.74 Å². The summed E-state index contributed by atoms with van der Waals surface area (Å²) in [7, 11) is 0. The molecule has 10 heteroatoms. The average molecular weight is 354 g/mol. The summed E-state index contributed by atoms with van der Waals surface area (Å²) in [6.45, 7) is 1.61. The third kappa shape index (κ3) is 4.04. The number of hydrogen-bond donors (Lipinski definition) is 1. The Bertz CT molecular complexity index is 961. The molecule has 0 saturated heterocycles. The number of amides is 1. The molecular weight excluding hydrogens is 340 g/mol. The van der Waals surface area contributed by atoms with Crippen LogP contribution in [0.15, 0.2) is 36.7 Å². The van der Waals surface area contributed by atoms with Crippen molar-refractivity contribution in [3.63, 3.8) is 0 Å². The summed E-state index contributed by atoms with van der Waals surface area (Å²) in [4.78, 5) is 38.0. The van der Waals surface area contributed by atoms with E-state index in [0.29, 0.717) is 17.6 Å². The van der Waals surface area contributed by atoms with Crippen molar-refractivity contribution in [2.45, 2.75) is 13.3 Å². The van der Waals surface area contributed by atoms with Gasteiger partial charge in [0.2, 0.25) is 17.7 Å². The topological polar surface area (TPSA) is 133 Å². The van der Waals surface area contributed by atoms with E-state index in [9.17, 15) is 14.9 Å². The second-order valence-electron chi connectivity index (χ2n) is 5.28. The molecule has 1 amide bonds. The highest BCUT2D eigenvalue weighted by Crippen LogP contribution is 2.20. The quantitative estimate of drug-likeness (QED) is 0.524. The molecule has 0 spiro atoms. The van der Waals surface area contributed by atoms with Crippen LogP contribution in [0.3, 0.4) is 0 Å². The summed E-state index contributed by atoms with van der Waals surface area (Å²) in [5.41, 5.74) is 1.59. The Morgan fingerprint density at radius 3 is 2.62 bits per heavy atom. The predicted molar refractivity (Wildman–Crippen MR) is 91.7 cm³/mol. The lowest BCUT2D eigenvalue weighted by atomic mass is 10.1. The number of fused-ring (bicyclic) bond motifs is 1. The number of carbonyl (C=O) groups is 1. The van der Waals surface area contributed by atoms with Crippen molar-refractivity contribution in [1.29, 1.82) is 0 Å². The number of nitrogens with one attached hydrogen (secondary N) is 1. The number of non-ortho nitro benzene ring substituents is 1. The zero-order valence-electron chi connectivity index (χ0n) is 13.7. The van der Waals surface area contributed by atoms with Crippen LogP contribution >= 0.6 is 0 Å². The van der Waals surface area contributed by atoms with E-state index in [1.807, 2.05) is 0 Å². The molecule has 3 aromatic rings. The van der Waals surface area contributed by atoms with Gasteiger partial charge >= 0.3 is 0 Å². The fourth-order valence-corrected chi connectivity index (χ4v) is 2.20. The van der Waals surface area contributed by atoms with Crippen LogP contribution in [0.5, 0.6) is 5.88 Å². The number of aromatic nitrogens is 4. The molecule has 0 aliphatic heterocycles. The lowest BCUT2D eigenvalue weighted by Gasteiger charge is -2.09. The molecule has 0 radical (unpaired) electrons. The van der Waals surface area contributed by atoms with E-state index >= 15 is 0 Å². The van der Waals surface area contributed by atoms with Crippen molar-refractivity contribution in [1.82, 2.24) is 19.9 Å². The molecule has 2 aromatic heterocycles. The van der Waals surface area contributed by atoms with Crippen LogP contribution in [-0.2, 0) is 11.2 Å². The van der Waals surface area contributed by atoms with E-state index < -0.39 is 4.92 Å². The molecule has 0 aliphatic rings. The van der Waals surface area contributed by atoms with Crippen LogP contribution in [0, 0.1) is 10.1 Å². The Morgan fingerprint density at radius 2 is 1.92 bits per heavy atom. The lowest BCUT2D eigenvalue weighted by molar-refractivity contribution is -0.384. The number of hydrogen-bond acceptors (Lipinski definition) is 8. The summed E-state index contributed by atoms with van der Waals surface area (Å²) < 4.78 is 5.68. The lowest BCUT2D eigenvalue weighted by Crippen LogP contribution is -2.12. The van der Waals surface area contributed by atoms with Crippen LogP contribution in [0.4, 0.5) is 11.6 Å². The molecule has 0 aliphatic carbocycles. The smallest absolute Gasteiger partial charge is 0.269 e. The van der Waals surface area contributed by atoms with E-state index in [-0.39, 0.29) is 30.0 Å². The van der Waals surface area contributed by atoms with Gasteiger partial charge in [-0.1, -0.05) is 12.1 Å². The van der Waals surface area contributed by atoms with Gasteiger partial charge in [0.25, 0.3) is 5.69 Å². The zero-order valence-corrected chi connectivity index (χ0v) is 13.7. The van der Waals surface area contributed by atoms with Crippen molar-refractivity contribution in [3.05, 3.63) is 52.3 Å². The molecule has 0 atom stereocenters. The molecule has 2 heterocycles. The minimum Gasteiger partial charge on any atom is -0.476 e. The second kappa shape index (κ2) is 7.47. The van der Waals surface area contributed by atoms with Crippen LogP contribution in [0.2, 0.25) is 0 Å². The fourth-order valence-electron chi connectivity index (χ4n) is 2.20. The Hall–Kier alpha value is -3.69. The average Bonchev–Trinajstić information content (AvgIpc) is 2.61. The number of rotatable bonds is 6. The normalized spacial score (nSPS) is 10.5. The highest BCUT2D eigenvalue weighted by atomic mass is 16.6. The highest BCUT2D eigenvalue weighted by molar-refractivity contribution is 5.88. The second-order valence-corrected chi connectivity index (χ2v) is 5.28. The van der Waals surface area contributed by atoms with Gasteiger partial charge in [-0.05, 0) is 5.56 Å². The van der Waals surface area contributed by atoms with Gasteiger partial charge in [-0.15, -0.1) is 0 Å². The molecular formula is C16H14N6O4. The number of carbonyl (C=O) groups excluding carboxylic acids is 1. The molecule has 1 aromatic carbocycles. The largest absolute Gasteiger partial charge is 0.476 e. The van der Waals surface area contributed by atoms with Crippen molar-refractivity contribution in [2.24, 2.45) is 0 Å². The predicted octanol–water partition coefficient (Wildman–Crippen LogP) is 1.91. The van der Waals surface area contributed by atoms with Crippen molar-refractivity contribution >= 4 is 28.7 Å². The van der Waals surface area contributed by atoms with E-state index in [0.717, 1.165) is 5.56 Å². The molecule has 0 fully saturated rings. The molecule has 0 saturated carbocycles. The number of anilines is 1. The maximum atomic E-state index is 11.2. The van der Waals surface area contributed by atoms with Gasteiger partial charge in [-0.2, -0.15) is 9.97 Å². The highest BCUT2D eigenvalue weighted by Gasteiger charge is 2.12. The fraction of sp³-hybridized carbons (Fsp3) is 0.188. The number of ether oxygens (including phenoxy) is 1. The van der Waals surface area contributed by atoms with E-state index in [4.69, 9.17) is 4.74 Å². The Morgan fingerprint density at radius 1 is 1.19 bits per heavy atom. The minimum absolute atomic E-state index is 0.0340. The maximum absolute atomic E-state index is 11.2. The third-order valence-electron chi connectivity index (χ3n) is 3.37. The summed E-state index contributed by atoms with van der Waals surface area (Å²) in [6.07, 6.45) is 3.49. The van der Waals surface area contributed by atoms with Crippen LogP contribution < -0.4 is 10.1 Å². The first-order chi connectivity index (χ1) is 12.5. The number of benzene rings is 1. The van der Waals surface area contributed by atoms with Crippen molar-refractivity contribution < 1.29 is 14.5 Å². The van der Waals surface area contributed by atoms with Gasteiger partial charge in [0, 0.05) is 37.9 Å². The zero-order chi connectivity index (χ0) is 18.5. The first-order valence-electron chi connectivity index (χ1n) is 7.65. The Balaban J connectivity index is 1.75. The molecule has 0 bridgehead atoms. The SMILES string of the molecule is CC(=O)Nc1nc(OCCc2ccc([N+](=O)[O-])cc2)c2nccnc2n1.